The molecule has 2 N–H and O–H groups in total. The maximum atomic E-state index is 13.1. The molecule has 1 aromatic heterocycles. The highest BCUT2D eigenvalue weighted by Gasteiger charge is 2.11. The summed E-state index contributed by atoms with van der Waals surface area (Å²) in [6.45, 7) is 1.72. The molecule has 0 unspecified atom stereocenters. The molecule has 0 saturated heterocycles. The van der Waals surface area contributed by atoms with Crippen LogP contribution < -0.4 is 10.6 Å². The fourth-order valence-electron chi connectivity index (χ4n) is 2.30. The van der Waals surface area contributed by atoms with Crippen LogP contribution in [0.3, 0.4) is 0 Å². The van der Waals surface area contributed by atoms with Crippen molar-refractivity contribution in [3.63, 3.8) is 0 Å². The fraction of sp³-hybridized carbons (Fsp3) is 0.0526. The Kier molecular flexibility index (Phi) is 4.90. The van der Waals surface area contributed by atoms with Gasteiger partial charge in [0, 0.05) is 16.9 Å². The minimum absolute atomic E-state index is 0.220. The van der Waals surface area contributed by atoms with Crippen LogP contribution in [0.15, 0.2) is 60.0 Å². The highest BCUT2D eigenvalue weighted by Crippen LogP contribution is 2.19. The molecule has 0 spiro atoms. The maximum Gasteiger partial charge on any atom is 0.265 e. The van der Waals surface area contributed by atoms with Gasteiger partial charge in [-0.15, -0.1) is 11.3 Å². The number of hydrogen-bond acceptors (Lipinski definition) is 3. The molecule has 0 saturated carbocycles. The summed E-state index contributed by atoms with van der Waals surface area (Å²) in [5.41, 5.74) is 2.10. The molecule has 2 amide bonds. The quantitative estimate of drug-likeness (QED) is 0.713. The molecular formula is C19H15FN2O2S. The molecule has 0 aliphatic heterocycles. The Bertz CT molecular complexity index is 923. The van der Waals surface area contributed by atoms with Gasteiger partial charge in [-0.1, -0.05) is 12.1 Å². The van der Waals surface area contributed by atoms with Crippen molar-refractivity contribution >= 4 is 34.5 Å². The van der Waals surface area contributed by atoms with Crippen LogP contribution in [0.25, 0.3) is 0 Å². The number of carbonyl (C=O) groups is 2. The zero-order valence-corrected chi connectivity index (χ0v) is 14.2. The van der Waals surface area contributed by atoms with E-state index in [1.807, 2.05) is 5.38 Å². The number of carbonyl (C=O) groups excluding carboxylic acids is 2. The van der Waals surface area contributed by atoms with Gasteiger partial charge < -0.3 is 10.6 Å². The van der Waals surface area contributed by atoms with Crippen LogP contribution in [-0.2, 0) is 0 Å². The van der Waals surface area contributed by atoms with Gasteiger partial charge in [0.1, 0.15) is 5.82 Å². The maximum absolute atomic E-state index is 13.1. The largest absolute Gasteiger partial charge is 0.322 e. The first-order valence-electron chi connectivity index (χ1n) is 7.55. The lowest BCUT2D eigenvalue weighted by molar-refractivity contribution is 0.101. The summed E-state index contributed by atoms with van der Waals surface area (Å²) >= 11 is 1.34. The van der Waals surface area contributed by atoms with Gasteiger partial charge in [0.2, 0.25) is 0 Å². The first kappa shape index (κ1) is 16.9. The summed E-state index contributed by atoms with van der Waals surface area (Å²) < 4.78 is 13.1. The van der Waals surface area contributed by atoms with Gasteiger partial charge in [-0.2, -0.15) is 0 Å². The summed E-state index contributed by atoms with van der Waals surface area (Å²) in [7, 11) is 0. The lowest BCUT2D eigenvalue weighted by Crippen LogP contribution is -2.14. The van der Waals surface area contributed by atoms with Crippen LogP contribution >= 0.6 is 11.3 Å². The number of nitrogens with one attached hydrogen (secondary N) is 2. The number of hydrogen-bond donors (Lipinski definition) is 2. The summed E-state index contributed by atoms with van der Waals surface area (Å²) in [5, 5.41) is 7.33. The third-order valence-electron chi connectivity index (χ3n) is 3.56. The Labute approximate surface area is 148 Å². The Hall–Kier alpha value is -2.99. The van der Waals surface area contributed by atoms with Crippen molar-refractivity contribution in [1.82, 2.24) is 0 Å². The van der Waals surface area contributed by atoms with E-state index in [9.17, 15) is 14.0 Å². The highest BCUT2D eigenvalue weighted by molar-refractivity contribution is 7.12. The minimum Gasteiger partial charge on any atom is -0.322 e. The molecule has 0 atom stereocenters. The molecule has 6 heteroatoms. The second kappa shape index (κ2) is 7.27. The number of halogens is 1. The molecule has 0 bridgehead atoms. The first-order valence-corrected chi connectivity index (χ1v) is 8.43. The zero-order valence-electron chi connectivity index (χ0n) is 13.4. The van der Waals surface area contributed by atoms with E-state index >= 15 is 0 Å². The van der Waals surface area contributed by atoms with Gasteiger partial charge in [-0.05, 0) is 60.3 Å². The van der Waals surface area contributed by atoms with Crippen molar-refractivity contribution in [1.29, 1.82) is 0 Å². The Morgan fingerprint density at radius 1 is 0.960 bits per heavy atom. The Morgan fingerprint density at radius 2 is 1.80 bits per heavy atom. The molecule has 0 radical (unpaired) electrons. The summed E-state index contributed by atoms with van der Waals surface area (Å²) in [6.07, 6.45) is 0. The van der Waals surface area contributed by atoms with Crippen LogP contribution in [0.2, 0.25) is 0 Å². The number of benzene rings is 2. The average Bonchev–Trinajstić information content (AvgIpc) is 3.12. The number of thiophene rings is 1. The lowest BCUT2D eigenvalue weighted by atomic mass is 10.1. The van der Waals surface area contributed by atoms with E-state index in [0.717, 1.165) is 0 Å². The molecule has 3 aromatic rings. The van der Waals surface area contributed by atoms with Crippen LogP contribution in [0.1, 0.15) is 25.6 Å². The molecule has 1 heterocycles. The van der Waals surface area contributed by atoms with Crippen LogP contribution in [0.5, 0.6) is 0 Å². The van der Waals surface area contributed by atoms with Crippen LogP contribution in [0, 0.1) is 12.7 Å². The van der Waals surface area contributed by atoms with Gasteiger partial charge >= 0.3 is 0 Å². The van der Waals surface area contributed by atoms with Crippen molar-refractivity contribution in [3.05, 3.63) is 81.8 Å². The Balaban J connectivity index is 1.74. The van der Waals surface area contributed by atoms with Crippen molar-refractivity contribution in [2.24, 2.45) is 0 Å². The first-order chi connectivity index (χ1) is 12.0. The molecule has 0 fully saturated rings. The standard InChI is InChI=1S/C19H15FN2O2S/c1-12-10-14(20)7-8-16(12)22-18(23)13-4-2-5-15(11-13)21-19(24)17-6-3-9-25-17/h2-11H,1H3,(H,21,24)(H,22,23). The summed E-state index contributed by atoms with van der Waals surface area (Å²) in [5.74, 6) is -0.905. The van der Waals surface area contributed by atoms with E-state index < -0.39 is 0 Å². The van der Waals surface area contributed by atoms with E-state index in [1.165, 1.54) is 29.5 Å². The average molecular weight is 354 g/mol. The fourth-order valence-corrected chi connectivity index (χ4v) is 2.92. The smallest absolute Gasteiger partial charge is 0.265 e. The second-order valence-corrected chi connectivity index (χ2v) is 6.37. The molecule has 2 aromatic carbocycles. The molecule has 25 heavy (non-hydrogen) atoms. The van der Waals surface area contributed by atoms with Crippen molar-refractivity contribution in [2.75, 3.05) is 10.6 Å². The summed E-state index contributed by atoms with van der Waals surface area (Å²) in [4.78, 5) is 25.1. The molecule has 0 aliphatic rings. The van der Waals surface area contributed by atoms with Crippen molar-refractivity contribution < 1.29 is 14.0 Å². The third kappa shape index (κ3) is 4.10. The van der Waals surface area contributed by atoms with Gasteiger partial charge in [-0.3, -0.25) is 9.59 Å². The number of anilines is 2. The Morgan fingerprint density at radius 3 is 2.52 bits per heavy atom. The normalized spacial score (nSPS) is 10.3. The van der Waals surface area contributed by atoms with Crippen molar-refractivity contribution in [3.8, 4) is 0 Å². The van der Waals surface area contributed by atoms with Gasteiger partial charge in [0.25, 0.3) is 11.8 Å². The second-order valence-electron chi connectivity index (χ2n) is 5.43. The van der Waals surface area contributed by atoms with Gasteiger partial charge in [0.15, 0.2) is 0 Å². The molecule has 126 valence electrons. The molecule has 3 rings (SSSR count). The van der Waals surface area contributed by atoms with E-state index in [4.69, 9.17) is 0 Å². The lowest BCUT2D eigenvalue weighted by Gasteiger charge is -2.10. The van der Waals surface area contributed by atoms with E-state index in [-0.39, 0.29) is 17.6 Å². The van der Waals surface area contributed by atoms with Gasteiger partial charge in [0.05, 0.1) is 4.88 Å². The van der Waals surface area contributed by atoms with Crippen molar-refractivity contribution in [2.45, 2.75) is 6.92 Å². The van der Waals surface area contributed by atoms with E-state index in [0.29, 0.717) is 27.4 Å². The summed E-state index contributed by atoms with van der Waals surface area (Å²) in [6, 6.07) is 14.3. The molecule has 4 nitrogen and oxygen atoms in total. The predicted molar refractivity (Wildman–Crippen MR) is 97.8 cm³/mol. The number of aryl methyl sites for hydroxylation is 1. The SMILES string of the molecule is Cc1cc(F)ccc1NC(=O)c1cccc(NC(=O)c2cccs2)c1. The zero-order chi connectivity index (χ0) is 17.8. The van der Waals surface area contributed by atoms with Crippen LogP contribution in [-0.4, -0.2) is 11.8 Å². The highest BCUT2D eigenvalue weighted by atomic mass is 32.1. The number of rotatable bonds is 4. The third-order valence-corrected chi connectivity index (χ3v) is 4.43. The predicted octanol–water partition coefficient (Wildman–Crippen LogP) is 4.70. The van der Waals surface area contributed by atoms with E-state index in [1.54, 1.807) is 43.3 Å². The van der Waals surface area contributed by atoms with E-state index in [2.05, 4.69) is 10.6 Å². The minimum atomic E-state index is -0.353. The van der Waals surface area contributed by atoms with Crippen LogP contribution in [0.4, 0.5) is 15.8 Å². The molecule has 0 aliphatic carbocycles. The topological polar surface area (TPSA) is 58.2 Å². The number of amides is 2. The molecular weight excluding hydrogens is 339 g/mol. The van der Waals surface area contributed by atoms with Gasteiger partial charge in [-0.25, -0.2) is 4.39 Å². The monoisotopic (exact) mass is 354 g/mol.